The molecule has 3 aromatic rings. The molecule has 1 N–H and O–H groups in total. The molecule has 6 nitrogen and oxygen atoms in total. The van der Waals surface area contributed by atoms with Gasteiger partial charge < -0.3 is 10.2 Å². The van der Waals surface area contributed by atoms with E-state index in [9.17, 15) is 9.59 Å². The second-order valence-corrected chi connectivity index (χ2v) is 6.90. The van der Waals surface area contributed by atoms with E-state index in [1.54, 1.807) is 25.3 Å². The molecule has 7 heteroatoms. The Hall–Kier alpha value is -2.61. The molecule has 1 aromatic heterocycles. The first-order valence-corrected chi connectivity index (χ1v) is 8.99. The summed E-state index contributed by atoms with van der Waals surface area (Å²) in [6.45, 7) is 0.459. The van der Waals surface area contributed by atoms with Crippen LogP contribution in [0.4, 0.5) is 5.69 Å². The highest BCUT2D eigenvalue weighted by molar-refractivity contribution is 7.13. The van der Waals surface area contributed by atoms with Crippen molar-refractivity contribution in [1.82, 2.24) is 9.44 Å². The van der Waals surface area contributed by atoms with E-state index in [0.717, 1.165) is 21.3 Å². The van der Waals surface area contributed by atoms with E-state index in [4.69, 9.17) is 4.84 Å². The highest BCUT2D eigenvalue weighted by atomic mass is 32.1. The van der Waals surface area contributed by atoms with Gasteiger partial charge in [-0.25, -0.2) is 0 Å². The van der Waals surface area contributed by atoms with Gasteiger partial charge in [-0.05, 0) is 23.7 Å². The van der Waals surface area contributed by atoms with Gasteiger partial charge in [0.1, 0.15) is 0 Å². The van der Waals surface area contributed by atoms with Crippen molar-refractivity contribution in [3.05, 3.63) is 47.5 Å². The van der Waals surface area contributed by atoms with E-state index in [1.807, 2.05) is 30.3 Å². The molecule has 132 valence electrons. The third-order valence-electron chi connectivity index (χ3n) is 4.53. The van der Waals surface area contributed by atoms with Gasteiger partial charge in [0.25, 0.3) is 0 Å². The van der Waals surface area contributed by atoms with Gasteiger partial charge in [-0.2, -0.15) is 9.44 Å². The summed E-state index contributed by atoms with van der Waals surface area (Å²) < 4.78 is 5.54. The Morgan fingerprint density at radius 1 is 1.23 bits per heavy atom. The molecular formula is C19H17N3O3S. The van der Waals surface area contributed by atoms with Crippen molar-refractivity contribution in [3.63, 3.8) is 0 Å². The maximum Gasteiger partial charge on any atom is 0.225 e. The summed E-state index contributed by atoms with van der Waals surface area (Å²) in [7, 11) is 3.31. The highest BCUT2D eigenvalue weighted by Gasteiger charge is 2.29. The molecule has 26 heavy (non-hydrogen) atoms. The smallest absolute Gasteiger partial charge is 0.225 e. The molecule has 1 aliphatic rings. The number of anilines is 1. The van der Waals surface area contributed by atoms with Gasteiger partial charge in [-0.1, -0.05) is 24.3 Å². The van der Waals surface area contributed by atoms with E-state index in [-0.39, 0.29) is 18.1 Å². The Labute approximate surface area is 154 Å². The van der Waals surface area contributed by atoms with Gasteiger partial charge >= 0.3 is 0 Å². The second kappa shape index (κ2) is 6.60. The minimum atomic E-state index is -0.169. The van der Waals surface area contributed by atoms with Crippen molar-refractivity contribution in [2.24, 2.45) is 0 Å². The lowest BCUT2D eigenvalue weighted by molar-refractivity contribution is -0.126. The molecule has 0 radical (unpaired) electrons. The number of ketones is 1. The molecule has 0 bridgehead atoms. The number of hydrogen-bond acceptors (Lipinski definition) is 6. The first-order chi connectivity index (χ1) is 12.6. The number of rotatable bonds is 5. The summed E-state index contributed by atoms with van der Waals surface area (Å²) >= 11 is 1.38. The Bertz CT molecular complexity index is 1030. The second-order valence-electron chi connectivity index (χ2n) is 6.10. The molecule has 0 saturated carbocycles. The predicted molar refractivity (Wildman–Crippen MR) is 101 cm³/mol. The van der Waals surface area contributed by atoms with Gasteiger partial charge in [0.15, 0.2) is 5.78 Å². The molecule has 2 aromatic carbocycles. The number of nitrogens with zero attached hydrogens (tertiary/aromatic N) is 2. The average molecular weight is 367 g/mol. The van der Waals surface area contributed by atoms with Crippen molar-refractivity contribution >= 4 is 39.0 Å². The standard InChI is InChI=1S/C19H17N3O3S/c1-22(25-2)10-9-15(23)20-13-7-3-5-11-16(13)19(24)12-6-4-8-14-17(12)18(11)21-26-14/h3-8H,9-10H2,1-2H3,(H,20,23). The minimum absolute atomic E-state index is 0.0804. The van der Waals surface area contributed by atoms with Crippen molar-refractivity contribution in [2.75, 3.05) is 26.0 Å². The predicted octanol–water partition coefficient (Wildman–Crippen LogP) is 3.33. The minimum Gasteiger partial charge on any atom is -0.325 e. The average Bonchev–Trinajstić information content (AvgIpc) is 3.09. The first kappa shape index (κ1) is 16.8. The van der Waals surface area contributed by atoms with E-state index in [2.05, 4.69) is 9.69 Å². The van der Waals surface area contributed by atoms with Gasteiger partial charge in [-0.15, -0.1) is 0 Å². The zero-order chi connectivity index (χ0) is 18.3. The summed E-state index contributed by atoms with van der Waals surface area (Å²) in [5.41, 5.74) is 3.25. The number of carbonyl (C=O) groups excluding carboxylic acids is 2. The molecule has 1 heterocycles. The van der Waals surface area contributed by atoms with Crippen LogP contribution in [0.3, 0.4) is 0 Å². The summed E-state index contributed by atoms with van der Waals surface area (Å²) in [6, 6.07) is 11.1. The van der Waals surface area contributed by atoms with Crippen LogP contribution in [0.1, 0.15) is 22.3 Å². The normalized spacial score (nSPS) is 12.5. The molecule has 1 aliphatic carbocycles. The summed E-state index contributed by atoms with van der Waals surface area (Å²) in [5, 5.41) is 5.35. The maximum atomic E-state index is 13.1. The lowest BCUT2D eigenvalue weighted by Crippen LogP contribution is -2.24. The van der Waals surface area contributed by atoms with E-state index in [1.165, 1.54) is 11.5 Å². The van der Waals surface area contributed by atoms with Crippen molar-refractivity contribution in [1.29, 1.82) is 0 Å². The molecular weight excluding hydrogens is 350 g/mol. The number of aromatic nitrogens is 1. The number of fused-ring (bicyclic) bond motifs is 2. The quantitative estimate of drug-likeness (QED) is 0.548. The first-order valence-electron chi connectivity index (χ1n) is 8.21. The fraction of sp³-hybridized carbons (Fsp3) is 0.211. The van der Waals surface area contributed by atoms with Crippen LogP contribution in [0.15, 0.2) is 36.4 Å². The lowest BCUT2D eigenvalue weighted by atomic mass is 9.86. The van der Waals surface area contributed by atoms with Crippen LogP contribution in [-0.2, 0) is 9.63 Å². The number of benzene rings is 2. The number of carbonyl (C=O) groups is 2. The Balaban J connectivity index is 1.72. The highest BCUT2D eigenvalue weighted by Crippen LogP contribution is 2.42. The Kier molecular flexibility index (Phi) is 4.28. The zero-order valence-electron chi connectivity index (χ0n) is 14.4. The number of hydroxylamine groups is 2. The molecule has 0 unspecified atom stereocenters. The summed E-state index contributed by atoms with van der Waals surface area (Å²) in [5.74, 6) is -0.249. The fourth-order valence-electron chi connectivity index (χ4n) is 3.16. The van der Waals surface area contributed by atoms with Crippen LogP contribution >= 0.6 is 11.5 Å². The third-order valence-corrected chi connectivity index (χ3v) is 5.34. The van der Waals surface area contributed by atoms with Gasteiger partial charge in [0.2, 0.25) is 5.91 Å². The van der Waals surface area contributed by atoms with Crippen LogP contribution in [0.5, 0.6) is 0 Å². The van der Waals surface area contributed by atoms with Crippen LogP contribution < -0.4 is 5.32 Å². The van der Waals surface area contributed by atoms with Crippen molar-refractivity contribution < 1.29 is 14.4 Å². The summed E-state index contributed by atoms with van der Waals surface area (Å²) in [6.07, 6.45) is 0.264. The van der Waals surface area contributed by atoms with Gasteiger partial charge in [0.05, 0.1) is 28.8 Å². The molecule has 0 aliphatic heterocycles. The SMILES string of the molecule is CON(C)CCC(=O)Nc1cccc2c1C(=O)c1cccc3snc-2c13. The monoisotopic (exact) mass is 367 g/mol. The largest absolute Gasteiger partial charge is 0.325 e. The van der Waals surface area contributed by atoms with Crippen LogP contribution in [0.25, 0.3) is 21.3 Å². The molecule has 0 atom stereocenters. The van der Waals surface area contributed by atoms with E-state index >= 15 is 0 Å². The van der Waals surface area contributed by atoms with Gasteiger partial charge in [-0.3, -0.25) is 9.59 Å². The van der Waals surface area contributed by atoms with Crippen LogP contribution in [0, 0.1) is 0 Å². The number of hydrogen-bond donors (Lipinski definition) is 1. The third kappa shape index (κ3) is 2.70. The van der Waals surface area contributed by atoms with E-state index < -0.39 is 0 Å². The molecule has 1 amide bonds. The molecule has 4 rings (SSSR count). The van der Waals surface area contributed by atoms with Crippen LogP contribution in [0.2, 0.25) is 0 Å². The molecule has 0 spiro atoms. The fourth-order valence-corrected chi connectivity index (χ4v) is 3.98. The topological polar surface area (TPSA) is 71.5 Å². The van der Waals surface area contributed by atoms with Crippen LogP contribution in [-0.4, -0.2) is 41.8 Å². The molecule has 0 saturated heterocycles. The Morgan fingerprint density at radius 2 is 2.00 bits per heavy atom. The number of nitrogens with one attached hydrogen (secondary N) is 1. The molecule has 0 fully saturated rings. The van der Waals surface area contributed by atoms with E-state index in [0.29, 0.717) is 23.4 Å². The zero-order valence-corrected chi connectivity index (χ0v) is 15.2. The number of amides is 1. The Morgan fingerprint density at radius 3 is 2.81 bits per heavy atom. The van der Waals surface area contributed by atoms with Crippen molar-refractivity contribution in [2.45, 2.75) is 6.42 Å². The lowest BCUT2D eigenvalue weighted by Gasteiger charge is -2.19. The maximum absolute atomic E-state index is 13.1. The summed E-state index contributed by atoms with van der Waals surface area (Å²) in [4.78, 5) is 30.4. The van der Waals surface area contributed by atoms with Gasteiger partial charge in [0, 0.05) is 36.5 Å². The van der Waals surface area contributed by atoms with Crippen molar-refractivity contribution in [3.8, 4) is 11.3 Å².